The number of nitrogens with one attached hydrogen (secondary N) is 1. The third-order valence-corrected chi connectivity index (χ3v) is 5.72. The molecule has 30 heavy (non-hydrogen) atoms. The summed E-state index contributed by atoms with van der Waals surface area (Å²) < 4.78 is 3.90. The number of aromatic nitrogens is 6. The van der Waals surface area contributed by atoms with E-state index >= 15 is 0 Å². The Bertz CT molecular complexity index is 1140. The number of aryl methyl sites for hydroxylation is 1. The van der Waals surface area contributed by atoms with Gasteiger partial charge in [-0.1, -0.05) is 18.2 Å². The Morgan fingerprint density at radius 3 is 2.43 bits per heavy atom. The Morgan fingerprint density at radius 2 is 1.67 bits per heavy atom. The van der Waals surface area contributed by atoms with Gasteiger partial charge >= 0.3 is 0 Å². The molecule has 1 saturated heterocycles. The van der Waals surface area contributed by atoms with E-state index in [-0.39, 0.29) is 0 Å². The van der Waals surface area contributed by atoms with Crippen LogP contribution in [0.3, 0.4) is 0 Å². The summed E-state index contributed by atoms with van der Waals surface area (Å²) in [5, 5.41) is 12.3. The molecule has 1 aromatic carbocycles. The lowest BCUT2D eigenvalue weighted by Gasteiger charge is -2.28. The van der Waals surface area contributed by atoms with Gasteiger partial charge in [0.25, 0.3) is 0 Å². The van der Waals surface area contributed by atoms with E-state index in [9.17, 15) is 0 Å². The summed E-state index contributed by atoms with van der Waals surface area (Å²) in [5.74, 6) is 0.712. The second-order valence-corrected chi connectivity index (χ2v) is 8.02. The van der Waals surface area contributed by atoms with Crippen molar-refractivity contribution in [2.75, 3.05) is 6.54 Å². The molecule has 1 aliphatic heterocycles. The van der Waals surface area contributed by atoms with Crippen LogP contribution in [0, 0.1) is 0 Å². The zero-order chi connectivity index (χ0) is 20.5. The average Bonchev–Trinajstić information content (AvgIpc) is 3.44. The van der Waals surface area contributed by atoms with Crippen LogP contribution in [0.4, 0.5) is 0 Å². The van der Waals surface area contributed by atoms with Crippen LogP contribution in [0.1, 0.15) is 25.8 Å². The minimum atomic E-state index is 0.449. The summed E-state index contributed by atoms with van der Waals surface area (Å²) in [7, 11) is 1.92. The van der Waals surface area contributed by atoms with Gasteiger partial charge in [-0.25, -0.2) is 9.97 Å². The van der Waals surface area contributed by atoms with E-state index in [0.29, 0.717) is 17.9 Å². The summed E-state index contributed by atoms with van der Waals surface area (Å²) in [4.78, 5) is 9.24. The second-order valence-electron chi connectivity index (χ2n) is 8.02. The Balaban J connectivity index is 1.36. The van der Waals surface area contributed by atoms with Gasteiger partial charge in [0, 0.05) is 60.1 Å². The smallest absolute Gasteiger partial charge is 0.159 e. The molecule has 7 heteroatoms. The number of rotatable bonds is 4. The van der Waals surface area contributed by atoms with E-state index in [1.165, 1.54) is 0 Å². The molecule has 3 aromatic heterocycles. The molecule has 4 heterocycles. The van der Waals surface area contributed by atoms with Crippen LogP contribution in [-0.2, 0) is 7.05 Å². The van der Waals surface area contributed by atoms with E-state index in [4.69, 9.17) is 0 Å². The molecule has 0 spiro atoms. The van der Waals surface area contributed by atoms with E-state index in [1.54, 1.807) is 4.68 Å². The summed E-state index contributed by atoms with van der Waals surface area (Å²) in [6.07, 6.45) is 13.9. The van der Waals surface area contributed by atoms with Gasteiger partial charge in [-0.3, -0.25) is 9.36 Å². The van der Waals surface area contributed by atoms with Gasteiger partial charge in [0.1, 0.15) is 0 Å². The van der Waals surface area contributed by atoms with Crippen LogP contribution in [0.5, 0.6) is 0 Å². The quantitative estimate of drug-likeness (QED) is 0.566. The van der Waals surface area contributed by atoms with Gasteiger partial charge in [0.2, 0.25) is 0 Å². The van der Waals surface area contributed by atoms with Crippen molar-refractivity contribution in [1.82, 2.24) is 34.8 Å². The first-order valence-corrected chi connectivity index (χ1v) is 10.3. The van der Waals surface area contributed by atoms with Crippen molar-refractivity contribution >= 4 is 0 Å². The predicted molar refractivity (Wildman–Crippen MR) is 117 cm³/mol. The molecule has 2 atom stereocenters. The second kappa shape index (κ2) is 7.84. The average molecular weight is 400 g/mol. The number of hydrogen-bond donors (Lipinski definition) is 1. The molecular formula is C23H25N7. The zero-order valence-corrected chi connectivity index (χ0v) is 17.2. The Hall–Kier alpha value is -3.32. The number of benzene rings is 1. The van der Waals surface area contributed by atoms with Crippen molar-refractivity contribution < 1.29 is 0 Å². The van der Waals surface area contributed by atoms with Crippen LogP contribution in [0.25, 0.3) is 33.6 Å². The SMILES string of the molecule is CC1CC(n2cc(-c3cnc(-c4cccc(-c5cnn(C)c5)c4)nc3)cn2)CCN1. The fourth-order valence-corrected chi connectivity index (χ4v) is 4.07. The lowest BCUT2D eigenvalue weighted by molar-refractivity contribution is 0.295. The highest BCUT2D eigenvalue weighted by atomic mass is 15.3. The van der Waals surface area contributed by atoms with Crippen molar-refractivity contribution in [3.05, 3.63) is 61.4 Å². The Kier molecular flexibility index (Phi) is 4.88. The minimum Gasteiger partial charge on any atom is -0.314 e. The van der Waals surface area contributed by atoms with Crippen LogP contribution in [-0.4, -0.2) is 42.1 Å². The van der Waals surface area contributed by atoms with Crippen molar-refractivity contribution in [3.8, 4) is 33.6 Å². The van der Waals surface area contributed by atoms with Gasteiger partial charge < -0.3 is 5.32 Å². The van der Waals surface area contributed by atoms with Crippen LogP contribution in [0.2, 0.25) is 0 Å². The topological polar surface area (TPSA) is 73.5 Å². The fraction of sp³-hybridized carbons (Fsp3) is 0.304. The maximum Gasteiger partial charge on any atom is 0.159 e. The molecule has 1 fully saturated rings. The first kappa shape index (κ1) is 18.7. The highest BCUT2D eigenvalue weighted by molar-refractivity contribution is 5.70. The third kappa shape index (κ3) is 3.76. The highest BCUT2D eigenvalue weighted by Gasteiger charge is 2.20. The molecule has 0 aliphatic carbocycles. The van der Waals surface area contributed by atoms with E-state index in [1.807, 2.05) is 50.2 Å². The number of nitrogens with zero attached hydrogens (tertiary/aromatic N) is 6. The zero-order valence-electron chi connectivity index (χ0n) is 17.2. The summed E-state index contributed by atoms with van der Waals surface area (Å²) in [6.45, 7) is 3.27. The number of piperidine rings is 1. The largest absolute Gasteiger partial charge is 0.314 e. The molecule has 0 radical (unpaired) electrons. The first-order valence-electron chi connectivity index (χ1n) is 10.3. The van der Waals surface area contributed by atoms with Gasteiger partial charge in [-0.2, -0.15) is 10.2 Å². The molecule has 0 bridgehead atoms. The normalized spacial score (nSPS) is 19.1. The highest BCUT2D eigenvalue weighted by Crippen LogP contribution is 2.27. The van der Waals surface area contributed by atoms with Gasteiger partial charge in [0.15, 0.2) is 5.82 Å². The summed E-state index contributed by atoms with van der Waals surface area (Å²) in [5.41, 5.74) is 5.20. The van der Waals surface area contributed by atoms with E-state index < -0.39 is 0 Å². The van der Waals surface area contributed by atoms with Crippen molar-refractivity contribution in [2.45, 2.75) is 31.8 Å². The standard InChI is InChI=1S/C23H25N7/c1-16-8-22(6-7-24-16)30-15-21(13-28-30)19-10-25-23(26-11-19)18-5-3-4-17(9-18)20-12-27-29(2)14-20/h3-5,9-16,22,24H,6-8H2,1-2H3. The lowest BCUT2D eigenvalue weighted by atomic mass is 10.0. The van der Waals surface area contributed by atoms with E-state index in [2.05, 4.69) is 55.4 Å². The molecule has 152 valence electrons. The van der Waals surface area contributed by atoms with Crippen molar-refractivity contribution in [2.24, 2.45) is 7.05 Å². The minimum absolute atomic E-state index is 0.449. The van der Waals surface area contributed by atoms with Crippen molar-refractivity contribution in [3.63, 3.8) is 0 Å². The monoisotopic (exact) mass is 399 g/mol. The summed E-state index contributed by atoms with van der Waals surface area (Å²) >= 11 is 0. The molecule has 1 N–H and O–H groups in total. The first-order chi connectivity index (χ1) is 14.7. The molecule has 5 rings (SSSR count). The van der Waals surface area contributed by atoms with Crippen LogP contribution in [0.15, 0.2) is 61.4 Å². The predicted octanol–water partition coefficient (Wildman–Crippen LogP) is 3.72. The van der Waals surface area contributed by atoms with Gasteiger partial charge in [-0.05, 0) is 37.9 Å². The Morgan fingerprint density at radius 1 is 0.900 bits per heavy atom. The maximum atomic E-state index is 4.62. The van der Waals surface area contributed by atoms with Gasteiger partial charge in [-0.15, -0.1) is 0 Å². The van der Waals surface area contributed by atoms with Crippen LogP contribution < -0.4 is 5.32 Å². The van der Waals surface area contributed by atoms with Crippen LogP contribution >= 0.6 is 0 Å². The molecule has 7 nitrogen and oxygen atoms in total. The molecule has 4 aromatic rings. The molecular weight excluding hydrogens is 374 g/mol. The maximum absolute atomic E-state index is 4.62. The summed E-state index contributed by atoms with van der Waals surface area (Å²) in [6, 6.07) is 9.21. The van der Waals surface area contributed by atoms with Gasteiger partial charge in [0.05, 0.1) is 18.4 Å². The molecule has 0 saturated carbocycles. The molecule has 0 amide bonds. The van der Waals surface area contributed by atoms with E-state index in [0.717, 1.165) is 47.2 Å². The van der Waals surface area contributed by atoms with Crippen molar-refractivity contribution in [1.29, 1.82) is 0 Å². The number of hydrogen-bond acceptors (Lipinski definition) is 5. The fourth-order valence-electron chi connectivity index (χ4n) is 4.07. The molecule has 1 aliphatic rings. The Labute approximate surface area is 175 Å². The molecule has 2 unspecified atom stereocenters. The third-order valence-electron chi connectivity index (χ3n) is 5.72. The lowest BCUT2D eigenvalue weighted by Crippen LogP contribution is -2.36.